The van der Waals surface area contributed by atoms with Gasteiger partial charge in [0.1, 0.15) is 19.0 Å². The summed E-state index contributed by atoms with van der Waals surface area (Å²) < 4.78 is 17.3. The quantitative estimate of drug-likeness (QED) is 0.108. The van der Waals surface area contributed by atoms with Gasteiger partial charge in [-0.1, -0.05) is 99.1 Å². The Hall–Kier alpha value is -4.01. The predicted molar refractivity (Wildman–Crippen MR) is 237 cm³/mol. The predicted octanol–water partition coefficient (Wildman–Crippen LogP) is 5.77. The van der Waals surface area contributed by atoms with Gasteiger partial charge < -0.3 is 34.0 Å². The van der Waals surface area contributed by atoms with Gasteiger partial charge in [0.25, 0.3) is 0 Å². The molecule has 0 radical (unpaired) electrons. The molecule has 14 nitrogen and oxygen atoms in total. The minimum Gasteiger partial charge on any atom is -0.481 e. The molecule has 1 fully saturated rings. The van der Waals surface area contributed by atoms with Crippen molar-refractivity contribution in [2.24, 2.45) is 41.4 Å². The number of ketones is 3. The van der Waals surface area contributed by atoms with Crippen molar-refractivity contribution >= 4 is 41.0 Å². The second kappa shape index (κ2) is 25.9. The number of hydrogen-bond acceptors (Lipinski definition) is 10. The van der Waals surface area contributed by atoms with Crippen LogP contribution in [0.3, 0.4) is 0 Å². The summed E-state index contributed by atoms with van der Waals surface area (Å²) in [6.45, 7) is 16.6. The SMILES string of the molecule is CC[C@H](C)[C@@H]([C@@H](CC(=O)N1CCC[C@H]1[C@H](OC)[C@@H](C)C(=O)C[C@@H](Cc1ccccc1)C(=O)O)OC)N(C)C(=O)[C@@H](CC(=O)[C@H](C(C)C)N(C)C(=O)COCC(=O)C(C)C)C(C)C. The van der Waals surface area contributed by atoms with Crippen LogP contribution in [0.25, 0.3) is 0 Å². The molecule has 1 aromatic rings. The second-order valence-corrected chi connectivity index (χ2v) is 18.3. The number of likely N-dealkylation sites (tertiary alicyclic amines) is 1. The van der Waals surface area contributed by atoms with Crippen molar-refractivity contribution in [1.29, 1.82) is 0 Å². The molecule has 9 atom stereocenters. The van der Waals surface area contributed by atoms with Crippen molar-refractivity contribution in [3.8, 4) is 0 Å². The first-order chi connectivity index (χ1) is 29.1. The highest BCUT2D eigenvalue weighted by molar-refractivity contribution is 5.93. The van der Waals surface area contributed by atoms with Crippen LogP contribution in [0.4, 0.5) is 0 Å². The number of rotatable bonds is 28. The summed E-state index contributed by atoms with van der Waals surface area (Å²) in [4.78, 5) is 98.6. The summed E-state index contributed by atoms with van der Waals surface area (Å²) in [5.74, 6) is -5.73. The van der Waals surface area contributed by atoms with Gasteiger partial charge in [-0.3, -0.25) is 33.6 Å². The number of nitrogens with zero attached hydrogens (tertiary/aromatic N) is 3. The molecule has 1 saturated heterocycles. The average Bonchev–Trinajstić information content (AvgIpc) is 3.71. The van der Waals surface area contributed by atoms with Crippen molar-refractivity contribution in [3.63, 3.8) is 0 Å². The zero-order chi connectivity index (χ0) is 47.0. The van der Waals surface area contributed by atoms with E-state index in [2.05, 4.69) is 0 Å². The molecule has 1 aliphatic rings. The van der Waals surface area contributed by atoms with Crippen molar-refractivity contribution in [2.75, 3.05) is 48.1 Å². The number of likely N-dealkylation sites (N-methyl/N-ethyl adjacent to an activating group) is 2. The Bertz CT molecular complexity index is 1630. The number of carboxylic acids is 1. The van der Waals surface area contributed by atoms with E-state index in [1.807, 2.05) is 71.9 Å². The Morgan fingerprint density at radius 3 is 1.94 bits per heavy atom. The lowest BCUT2D eigenvalue weighted by Gasteiger charge is -2.41. The van der Waals surface area contributed by atoms with Crippen LogP contribution in [0.15, 0.2) is 30.3 Å². The maximum Gasteiger partial charge on any atom is 0.307 e. The summed E-state index contributed by atoms with van der Waals surface area (Å²) >= 11 is 0. The van der Waals surface area contributed by atoms with Crippen LogP contribution in [0.2, 0.25) is 0 Å². The summed E-state index contributed by atoms with van der Waals surface area (Å²) in [6.07, 6.45) is 0.502. The Balaban J connectivity index is 2.27. The van der Waals surface area contributed by atoms with E-state index in [0.29, 0.717) is 25.8 Å². The summed E-state index contributed by atoms with van der Waals surface area (Å²) in [5.41, 5.74) is 0.830. The van der Waals surface area contributed by atoms with Crippen LogP contribution in [0, 0.1) is 41.4 Å². The lowest BCUT2D eigenvalue weighted by molar-refractivity contribution is -0.150. The van der Waals surface area contributed by atoms with E-state index in [9.17, 15) is 38.7 Å². The highest BCUT2D eigenvalue weighted by Crippen LogP contribution is 2.32. The molecule has 0 unspecified atom stereocenters. The number of Topliss-reactive ketones (excluding diaryl/α,β-unsaturated/α-hetero) is 3. The molecular weight excluding hydrogens is 795 g/mol. The number of aliphatic carboxylic acids is 1. The standard InChI is InChI=1S/C48H77N3O11/c1-14-32(8)45(50(11)47(57)36(29(2)3)25-39(53)44(31(6)7)49(10)43(56)28-62-27-40(54)30(4)5)41(60-12)26-42(55)51-22-18-21-37(51)46(61-13)33(9)38(52)24-35(48(58)59)23-34-19-16-15-17-20-34/h15-17,19-20,29-33,35-37,41,44-46H,14,18,21-28H2,1-13H3,(H,58,59)/t32-,33-,35+,36-,37-,41+,44-,45-,46+/m0/s1. The van der Waals surface area contributed by atoms with E-state index in [1.165, 1.54) is 26.2 Å². The van der Waals surface area contributed by atoms with Gasteiger partial charge in [-0.25, -0.2) is 0 Å². The Morgan fingerprint density at radius 1 is 0.790 bits per heavy atom. The van der Waals surface area contributed by atoms with Gasteiger partial charge in [-0.15, -0.1) is 0 Å². The average molecular weight is 872 g/mol. The molecule has 1 aliphatic heterocycles. The van der Waals surface area contributed by atoms with Crippen LogP contribution in [-0.4, -0.2) is 139 Å². The largest absolute Gasteiger partial charge is 0.481 e. The van der Waals surface area contributed by atoms with Gasteiger partial charge in [0.15, 0.2) is 11.6 Å². The first kappa shape index (κ1) is 54.1. The minimum absolute atomic E-state index is 0.0466. The van der Waals surface area contributed by atoms with Crippen molar-refractivity contribution < 1.29 is 52.9 Å². The molecule has 0 aliphatic carbocycles. The highest BCUT2D eigenvalue weighted by atomic mass is 16.5. The number of methoxy groups -OCH3 is 2. The molecule has 0 saturated carbocycles. The topological polar surface area (TPSA) is 177 Å². The third kappa shape index (κ3) is 15.1. The number of carbonyl (C=O) groups is 7. The van der Waals surface area contributed by atoms with Gasteiger partial charge >= 0.3 is 5.97 Å². The molecule has 1 N–H and O–H groups in total. The Kier molecular flexibility index (Phi) is 22.6. The molecule has 1 heterocycles. The molecule has 62 heavy (non-hydrogen) atoms. The van der Waals surface area contributed by atoms with E-state index < -0.39 is 60.0 Å². The van der Waals surface area contributed by atoms with Crippen molar-refractivity contribution in [3.05, 3.63) is 35.9 Å². The van der Waals surface area contributed by atoms with Gasteiger partial charge in [-0.2, -0.15) is 0 Å². The van der Waals surface area contributed by atoms with Gasteiger partial charge in [-0.05, 0) is 42.6 Å². The number of amides is 3. The first-order valence-corrected chi connectivity index (χ1v) is 22.4. The molecule has 350 valence electrons. The Morgan fingerprint density at radius 2 is 1.42 bits per heavy atom. The normalized spacial score (nSPS) is 18.1. The number of carbonyl (C=O) groups excluding carboxylic acids is 6. The second-order valence-electron chi connectivity index (χ2n) is 18.3. The van der Waals surface area contributed by atoms with Crippen LogP contribution < -0.4 is 0 Å². The van der Waals surface area contributed by atoms with Crippen LogP contribution >= 0.6 is 0 Å². The molecule has 0 spiro atoms. The van der Waals surface area contributed by atoms with E-state index in [4.69, 9.17) is 14.2 Å². The molecule has 1 aromatic carbocycles. The van der Waals surface area contributed by atoms with Crippen molar-refractivity contribution in [2.45, 2.75) is 138 Å². The highest BCUT2D eigenvalue weighted by Gasteiger charge is 2.44. The molecule has 14 heteroatoms. The fourth-order valence-corrected chi connectivity index (χ4v) is 8.82. The maximum atomic E-state index is 14.5. The zero-order valence-corrected chi connectivity index (χ0v) is 39.8. The molecular formula is C48H77N3O11. The van der Waals surface area contributed by atoms with Gasteiger partial charge in [0.2, 0.25) is 17.7 Å². The molecule has 2 rings (SSSR count). The van der Waals surface area contributed by atoms with E-state index in [0.717, 1.165) is 5.56 Å². The zero-order valence-electron chi connectivity index (χ0n) is 39.8. The Labute approximate surface area is 370 Å². The summed E-state index contributed by atoms with van der Waals surface area (Å²) in [7, 11) is 6.26. The number of benzene rings is 1. The van der Waals surface area contributed by atoms with Gasteiger partial charge in [0, 0.05) is 65.5 Å². The lowest BCUT2D eigenvalue weighted by atomic mass is 9.83. The van der Waals surface area contributed by atoms with Crippen LogP contribution in [0.5, 0.6) is 0 Å². The fourth-order valence-electron chi connectivity index (χ4n) is 8.82. The first-order valence-electron chi connectivity index (χ1n) is 22.4. The third-order valence-corrected chi connectivity index (χ3v) is 12.9. The van der Waals surface area contributed by atoms with E-state index >= 15 is 0 Å². The van der Waals surface area contributed by atoms with E-state index in [-0.39, 0.29) is 91.7 Å². The van der Waals surface area contributed by atoms with E-state index in [1.54, 1.807) is 37.6 Å². The molecule has 0 bridgehead atoms. The van der Waals surface area contributed by atoms with Crippen LogP contribution in [0.1, 0.15) is 106 Å². The fraction of sp³-hybridized carbons (Fsp3) is 0.729. The lowest BCUT2D eigenvalue weighted by Crippen LogP contribution is -2.54. The maximum absolute atomic E-state index is 14.5. The summed E-state index contributed by atoms with van der Waals surface area (Å²) in [6, 6.07) is 7.42. The monoisotopic (exact) mass is 872 g/mol. The summed E-state index contributed by atoms with van der Waals surface area (Å²) in [5, 5.41) is 9.98. The number of hydrogen-bond donors (Lipinski definition) is 1. The minimum atomic E-state index is -1.05. The van der Waals surface area contributed by atoms with Gasteiger partial charge in [0.05, 0.1) is 42.7 Å². The van der Waals surface area contributed by atoms with Crippen molar-refractivity contribution in [1.82, 2.24) is 14.7 Å². The number of carboxylic acid groups (broad SMARTS) is 1. The molecule has 0 aromatic heterocycles. The van der Waals surface area contributed by atoms with Crippen LogP contribution in [-0.2, 0) is 54.2 Å². The smallest absolute Gasteiger partial charge is 0.307 e. The number of ether oxygens (including phenoxy) is 3. The third-order valence-electron chi connectivity index (χ3n) is 12.9. The molecule has 3 amide bonds.